The van der Waals surface area contributed by atoms with Crippen LogP contribution in [0.25, 0.3) is 0 Å². The fourth-order valence-corrected chi connectivity index (χ4v) is 4.03. The van der Waals surface area contributed by atoms with Crippen molar-refractivity contribution >= 4 is 17.4 Å². The monoisotopic (exact) mass is 299 g/mol. The summed E-state index contributed by atoms with van der Waals surface area (Å²) in [5.41, 5.74) is 2.71. The number of hydrogen-bond acceptors (Lipinski definition) is 3. The van der Waals surface area contributed by atoms with Gasteiger partial charge in [-0.25, -0.2) is 0 Å². The molecular weight excluding hydrogens is 278 g/mol. The van der Waals surface area contributed by atoms with E-state index < -0.39 is 0 Å². The second-order valence-corrected chi connectivity index (χ2v) is 6.38. The summed E-state index contributed by atoms with van der Waals surface area (Å²) in [7, 11) is 1.71. The largest absolute Gasteiger partial charge is 0.497 e. The van der Waals surface area contributed by atoms with E-state index in [1.807, 2.05) is 11.8 Å². The maximum absolute atomic E-state index is 5.26. The number of ether oxygens (including phenoxy) is 1. The first kappa shape index (κ1) is 14.3. The minimum absolute atomic E-state index is 0.375. The number of methoxy groups -OCH3 is 1. The molecule has 1 unspecified atom stereocenters. The van der Waals surface area contributed by atoms with Crippen LogP contribution in [0.2, 0.25) is 0 Å². The average Bonchev–Trinajstić information content (AvgIpc) is 2.91. The zero-order chi connectivity index (χ0) is 14.7. The van der Waals surface area contributed by atoms with Crippen molar-refractivity contribution in [3.8, 4) is 5.75 Å². The highest BCUT2D eigenvalue weighted by atomic mass is 32.2. The van der Waals surface area contributed by atoms with E-state index in [-0.39, 0.29) is 0 Å². The van der Waals surface area contributed by atoms with Crippen LogP contribution >= 0.6 is 11.8 Å². The first-order chi connectivity index (χ1) is 10.3. The first-order valence-electron chi connectivity index (χ1n) is 7.49. The molecule has 1 aliphatic heterocycles. The lowest BCUT2D eigenvalue weighted by Crippen LogP contribution is -2.24. The summed E-state index contributed by atoms with van der Waals surface area (Å²) in [5, 5.41) is 0.375. The van der Waals surface area contributed by atoms with Gasteiger partial charge in [0.2, 0.25) is 0 Å². The Labute approximate surface area is 131 Å². The van der Waals surface area contributed by atoms with Crippen molar-refractivity contribution in [2.75, 3.05) is 18.6 Å². The summed E-state index contributed by atoms with van der Waals surface area (Å²) in [5.74, 6) is 0.916. The summed E-state index contributed by atoms with van der Waals surface area (Å²) < 4.78 is 5.26. The molecule has 0 aliphatic carbocycles. The third kappa shape index (κ3) is 2.88. The normalized spacial score (nSPS) is 16.9. The van der Waals surface area contributed by atoms with Crippen molar-refractivity contribution in [1.29, 1.82) is 0 Å². The van der Waals surface area contributed by atoms with Crippen molar-refractivity contribution in [2.24, 2.45) is 0 Å². The van der Waals surface area contributed by atoms with E-state index in [2.05, 4.69) is 60.4 Å². The lowest BCUT2D eigenvalue weighted by atomic mass is 10.1. The zero-order valence-electron chi connectivity index (χ0n) is 12.6. The van der Waals surface area contributed by atoms with Crippen LogP contribution in [0.1, 0.15) is 30.7 Å². The van der Waals surface area contributed by atoms with Gasteiger partial charge < -0.3 is 9.64 Å². The molecule has 1 aliphatic rings. The lowest BCUT2D eigenvalue weighted by molar-refractivity contribution is 0.414. The van der Waals surface area contributed by atoms with Crippen LogP contribution in [0.15, 0.2) is 53.4 Å². The van der Waals surface area contributed by atoms with Gasteiger partial charge in [0.1, 0.15) is 11.1 Å². The topological polar surface area (TPSA) is 12.5 Å². The summed E-state index contributed by atoms with van der Waals surface area (Å²) in [6.45, 7) is 3.36. The fraction of sp³-hybridized carbons (Fsp3) is 0.333. The number of benzene rings is 2. The zero-order valence-corrected chi connectivity index (χ0v) is 13.4. The Kier molecular flexibility index (Phi) is 4.39. The lowest BCUT2D eigenvalue weighted by Gasteiger charge is -2.27. The molecule has 0 spiro atoms. The van der Waals surface area contributed by atoms with E-state index in [4.69, 9.17) is 4.74 Å². The molecule has 110 valence electrons. The molecule has 0 saturated heterocycles. The molecule has 0 aromatic heterocycles. The van der Waals surface area contributed by atoms with Crippen LogP contribution in [0, 0.1) is 0 Å². The Morgan fingerprint density at radius 2 is 1.86 bits per heavy atom. The molecule has 0 bridgehead atoms. The molecular formula is C18H21NOS. The number of hydrogen-bond donors (Lipinski definition) is 0. The Bertz CT molecular complexity index is 596. The van der Waals surface area contributed by atoms with Gasteiger partial charge in [-0.2, -0.15) is 0 Å². The molecule has 0 radical (unpaired) electrons. The summed E-state index contributed by atoms with van der Waals surface area (Å²) in [4.78, 5) is 3.92. The number of unbranched alkanes of at least 4 members (excludes halogenated alkanes) is 1. The van der Waals surface area contributed by atoms with Gasteiger partial charge in [-0.05, 0) is 36.2 Å². The van der Waals surface area contributed by atoms with Crippen LogP contribution in [0.3, 0.4) is 0 Å². The molecule has 2 nitrogen and oxygen atoms in total. The van der Waals surface area contributed by atoms with Gasteiger partial charge in [-0.1, -0.05) is 49.4 Å². The Balaban J connectivity index is 1.89. The number of nitrogens with zero attached hydrogens (tertiary/aromatic N) is 1. The molecule has 0 N–H and O–H groups in total. The van der Waals surface area contributed by atoms with Gasteiger partial charge in [0.05, 0.1) is 12.8 Å². The van der Waals surface area contributed by atoms with Crippen molar-refractivity contribution in [3.63, 3.8) is 0 Å². The van der Waals surface area contributed by atoms with Gasteiger partial charge in [0.25, 0.3) is 0 Å². The minimum Gasteiger partial charge on any atom is -0.497 e. The molecule has 3 rings (SSSR count). The highest BCUT2D eigenvalue weighted by molar-refractivity contribution is 8.00. The predicted octanol–water partition coefficient (Wildman–Crippen LogP) is 5.11. The summed E-state index contributed by atoms with van der Waals surface area (Å²) in [6.07, 6.45) is 2.44. The number of fused-ring (bicyclic) bond motifs is 1. The Morgan fingerprint density at radius 3 is 2.57 bits per heavy atom. The molecule has 3 heteroatoms. The van der Waals surface area contributed by atoms with Crippen LogP contribution in [-0.4, -0.2) is 13.7 Å². The molecule has 1 heterocycles. The van der Waals surface area contributed by atoms with E-state index in [1.54, 1.807) is 7.11 Å². The van der Waals surface area contributed by atoms with Gasteiger partial charge in [-0.15, -0.1) is 0 Å². The third-order valence-corrected chi connectivity index (χ3v) is 5.20. The van der Waals surface area contributed by atoms with Gasteiger partial charge in [0.15, 0.2) is 0 Å². The van der Waals surface area contributed by atoms with Gasteiger partial charge in [0, 0.05) is 11.4 Å². The maximum Gasteiger partial charge on any atom is 0.118 e. The van der Waals surface area contributed by atoms with Crippen molar-refractivity contribution in [3.05, 3.63) is 54.1 Å². The van der Waals surface area contributed by atoms with Crippen LogP contribution < -0.4 is 9.64 Å². The predicted molar refractivity (Wildman–Crippen MR) is 90.3 cm³/mol. The van der Waals surface area contributed by atoms with E-state index in [9.17, 15) is 0 Å². The number of rotatable bonds is 5. The maximum atomic E-state index is 5.26. The molecule has 2 aromatic rings. The van der Waals surface area contributed by atoms with E-state index in [0.717, 1.165) is 12.3 Å². The SMILES string of the molecule is CCCCN1c2ccccc2SC1c1ccc(OC)cc1. The highest BCUT2D eigenvalue weighted by Gasteiger charge is 2.30. The highest BCUT2D eigenvalue weighted by Crippen LogP contribution is 2.51. The van der Waals surface area contributed by atoms with Crippen LogP contribution in [0.4, 0.5) is 5.69 Å². The van der Waals surface area contributed by atoms with E-state index in [0.29, 0.717) is 5.37 Å². The minimum atomic E-state index is 0.375. The number of thioether (sulfide) groups is 1. The molecule has 0 amide bonds. The van der Waals surface area contributed by atoms with E-state index in [1.165, 1.54) is 29.0 Å². The van der Waals surface area contributed by atoms with Crippen LogP contribution in [-0.2, 0) is 0 Å². The first-order valence-corrected chi connectivity index (χ1v) is 8.37. The van der Waals surface area contributed by atoms with Gasteiger partial charge in [-0.3, -0.25) is 0 Å². The standard InChI is InChI=1S/C18H21NOS/c1-3-4-13-19-16-7-5-6-8-17(16)21-18(19)14-9-11-15(20-2)12-10-14/h5-12,18H,3-4,13H2,1-2H3. The van der Waals surface area contributed by atoms with E-state index >= 15 is 0 Å². The summed E-state index contributed by atoms with van der Waals surface area (Å²) in [6, 6.07) is 17.2. The van der Waals surface area contributed by atoms with Crippen molar-refractivity contribution in [1.82, 2.24) is 0 Å². The second-order valence-electron chi connectivity index (χ2n) is 5.26. The Morgan fingerprint density at radius 1 is 1.10 bits per heavy atom. The molecule has 0 saturated carbocycles. The van der Waals surface area contributed by atoms with Crippen molar-refractivity contribution in [2.45, 2.75) is 30.0 Å². The summed E-state index contributed by atoms with van der Waals surface area (Å²) >= 11 is 1.95. The molecule has 21 heavy (non-hydrogen) atoms. The quantitative estimate of drug-likeness (QED) is 0.761. The van der Waals surface area contributed by atoms with Crippen molar-refractivity contribution < 1.29 is 4.74 Å². The Hall–Kier alpha value is -1.61. The average molecular weight is 299 g/mol. The molecule has 2 aromatic carbocycles. The number of para-hydroxylation sites is 1. The van der Waals surface area contributed by atoms with Crippen LogP contribution in [0.5, 0.6) is 5.75 Å². The molecule has 1 atom stereocenters. The third-order valence-electron chi connectivity index (χ3n) is 3.85. The second kappa shape index (κ2) is 6.44. The number of anilines is 1. The molecule has 0 fully saturated rings. The smallest absolute Gasteiger partial charge is 0.118 e. The van der Waals surface area contributed by atoms with Gasteiger partial charge >= 0.3 is 0 Å². The fourth-order valence-electron chi connectivity index (χ4n) is 2.69.